The van der Waals surface area contributed by atoms with Gasteiger partial charge in [-0.05, 0) is 56.2 Å². The number of carbonyl (C=O) groups excluding carboxylic acids is 4. The van der Waals surface area contributed by atoms with Gasteiger partial charge in [-0.2, -0.15) is 0 Å². The second-order valence-electron chi connectivity index (χ2n) is 13.1. The van der Waals surface area contributed by atoms with Crippen molar-refractivity contribution in [3.63, 3.8) is 0 Å². The normalized spacial score (nSPS) is 25.6. The van der Waals surface area contributed by atoms with E-state index in [2.05, 4.69) is 34.4 Å². The molecule has 3 saturated heterocycles. The first-order chi connectivity index (χ1) is 24.1. The van der Waals surface area contributed by atoms with Gasteiger partial charge in [-0.25, -0.2) is 0 Å². The third-order valence-corrected chi connectivity index (χ3v) is 11.1. The fourth-order valence-corrected chi connectivity index (χ4v) is 8.96. The molecule has 1 unspecified atom stereocenters. The van der Waals surface area contributed by atoms with Crippen LogP contribution in [-0.4, -0.2) is 82.6 Å². The fraction of sp³-hybridized carbons (Fsp3) is 0.474. The van der Waals surface area contributed by atoms with Crippen LogP contribution in [0.15, 0.2) is 73.8 Å². The zero-order chi connectivity index (χ0) is 36.0. The van der Waals surface area contributed by atoms with E-state index in [1.165, 1.54) is 0 Å². The van der Waals surface area contributed by atoms with Gasteiger partial charge in [-0.1, -0.05) is 82.1 Å². The highest BCUT2D eigenvalue weighted by molar-refractivity contribution is 9.09. The lowest BCUT2D eigenvalue weighted by molar-refractivity contribution is -0.145. The summed E-state index contributed by atoms with van der Waals surface area (Å²) in [5.41, 5.74) is 0.750. The first-order valence-electron chi connectivity index (χ1n) is 17.1. The van der Waals surface area contributed by atoms with E-state index in [9.17, 15) is 24.3 Å². The monoisotopic (exact) mass is 769 g/mol. The summed E-state index contributed by atoms with van der Waals surface area (Å²) in [6, 6.07) is 12.9. The van der Waals surface area contributed by atoms with Gasteiger partial charge in [-0.15, -0.1) is 13.2 Å². The van der Waals surface area contributed by atoms with E-state index >= 15 is 0 Å². The summed E-state index contributed by atoms with van der Waals surface area (Å²) in [6.45, 7) is 9.71. The summed E-state index contributed by atoms with van der Waals surface area (Å²) >= 11 is 10.4. The van der Waals surface area contributed by atoms with Crippen LogP contribution in [0.4, 0.5) is 5.69 Å². The number of nitrogens with zero attached hydrogens (tertiary/aromatic N) is 2. The molecule has 1 spiro atoms. The van der Waals surface area contributed by atoms with Crippen LogP contribution in [0.3, 0.4) is 0 Å². The van der Waals surface area contributed by atoms with E-state index < -0.39 is 47.5 Å². The molecule has 3 aliphatic rings. The van der Waals surface area contributed by atoms with Crippen molar-refractivity contribution >= 4 is 56.9 Å². The number of para-hydroxylation sites is 1. The lowest BCUT2D eigenvalue weighted by atomic mass is 9.70. The van der Waals surface area contributed by atoms with Crippen molar-refractivity contribution in [1.29, 1.82) is 0 Å². The molecule has 3 aliphatic heterocycles. The van der Waals surface area contributed by atoms with Crippen LogP contribution in [0.25, 0.3) is 0 Å². The molecule has 0 radical (unpaired) electrons. The number of likely N-dealkylation sites (tertiary alicyclic amines) is 1. The third-order valence-electron chi connectivity index (χ3n) is 9.90. The molecule has 5 rings (SSSR count). The number of unbranched alkanes of at least 4 members (excludes halogenated alkanes) is 2. The fourth-order valence-electron chi connectivity index (χ4n) is 7.70. The minimum atomic E-state index is -1.29. The topological polar surface area (TPSA) is 125 Å². The smallest absolute Gasteiger partial charge is 0.306 e. The number of carbonyl (C=O) groups is 4. The zero-order valence-corrected chi connectivity index (χ0v) is 30.6. The Kier molecular flexibility index (Phi) is 12.6. The van der Waals surface area contributed by atoms with E-state index in [0.29, 0.717) is 42.8 Å². The molecule has 0 aromatic heterocycles. The molecule has 268 valence electrons. The number of aryl methyl sites for hydroxylation is 1. The number of allylic oxidation sites excluding steroid dienone is 1. The number of aliphatic hydroxyl groups excluding tert-OH is 1. The average Bonchev–Trinajstić information content (AvgIpc) is 3.70. The lowest BCUT2D eigenvalue weighted by Crippen LogP contribution is -2.57. The molecule has 3 heterocycles. The highest BCUT2D eigenvalue weighted by Gasteiger charge is 2.76. The molecule has 12 heteroatoms. The minimum Gasteiger partial charge on any atom is -0.463 e. The van der Waals surface area contributed by atoms with E-state index in [-0.39, 0.29) is 49.4 Å². The van der Waals surface area contributed by atoms with Gasteiger partial charge in [0.25, 0.3) is 5.91 Å². The Bertz CT molecular complexity index is 1570. The summed E-state index contributed by atoms with van der Waals surface area (Å²) in [6.07, 6.45) is 5.31. The second kappa shape index (κ2) is 16.7. The average molecular weight is 771 g/mol. The SMILES string of the molecule is C=CCCC(=O)OC[C@@H](NC(=O)[C@H]1[C@@H]2O[C@@]3(CC2Br)[C@@H]1C(=O)N(CCCCCO)[C@@H]3C(=O)N(CC=C)c1c(C)cccc1Cl)c1ccccc1. The molecule has 2 aromatic rings. The number of hydrogen-bond donors (Lipinski definition) is 2. The molecule has 2 aromatic carbocycles. The zero-order valence-electron chi connectivity index (χ0n) is 28.3. The predicted molar refractivity (Wildman–Crippen MR) is 195 cm³/mol. The van der Waals surface area contributed by atoms with Crippen molar-refractivity contribution in [3.8, 4) is 0 Å². The van der Waals surface area contributed by atoms with Crippen LogP contribution in [0.1, 0.15) is 55.7 Å². The number of nitrogens with one attached hydrogen (secondary N) is 1. The van der Waals surface area contributed by atoms with Crippen LogP contribution in [0.5, 0.6) is 0 Å². The van der Waals surface area contributed by atoms with Crippen LogP contribution in [-0.2, 0) is 28.7 Å². The second-order valence-corrected chi connectivity index (χ2v) is 14.7. The number of hydrogen-bond acceptors (Lipinski definition) is 7. The van der Waals surface area contributed by atoms with E-state index in [1.54, 1.807) is 28.0 Å². The Hall–Kier alpha value is -3.51. The van der Waals surface area contributed by atoms with Crippen molar-refractivity contribution in [2.24, 2.45) is 11.8 Å². The number of amides is 3. The first kappa shape index (κ1) is 37.7. The van der Waals surface area contributed by atoms with Gasteiger partial charge in [0, 0.05) is 30.9 Å². The standard InChI is InChI=1S/C38H45BrClN3O7/c1-4-6-18-29(45)49-23-28(25-15-9-7-10-16-25)41-35(46)30-31-36(47)43(20-11-8-12-21-44)34(38(31)22-26(39)33(30)50-38)37(48)42(19-5-2)32-24(3)14-13-17-27(32)40/h4-5,7,9-10,13-17,26,28,30-31,33-34,44H,1-2,6,8,11-12,18-23H2,3H3,(H,41,46)/t26?,28-,30-,31+,33-,34-,38+/m1/s1. The summed E-state index contributed by atoms with van der Waals surface area (Å²) in [7, 11) is 0. The number of rotatable bonds is 17. The van der Waals surface area contributed by atoms with Crippen molar-refractivity contribution < 1.29 is 33.8 Å². The number of anilines is 1. The number of esters is 1. The summed E-state index contributed by atoms with van der Waals surface area (Å²) < 4.78 is 12.3. The maximum atomic E-state index is 14.9. The molecule has 0 saturated carbocycles. The first-order valence-corrected chi connectivity index (χ1v) is 18.4. The number of alkyl halides is 1. The van der Waals surface area contributed by atoms with E-state index in [4.69, 9.17) is 21.1 Å². The van der Waals surface area contributed by atoms with Gasteiger partial charge in [0.1, 0.15) is 18.2 Å². The quantitative estimate of drug-likeness (QED) is 0.0950. The van der Waals surface area contributed by atoms with Crippen molar-refractivity contribution in [3.05, 3.63) is 90.0 Å². The van der Waals surface area contributed by atoms with E-state index in [0.717, 1.165) is 11.1 Å². The molecular formula is C38H45BrClN3O7. The number of aliphatic hydroxyl groups is 1. The van der Waals surface area contributed by atoms with Crippen LogP contribution in [0.2, 0.25) is 5.02 Å². The Morgan fingerprint density at radius 3 is 2.60 bits per heavy atom. The molecule has 10 nitrogen and oxygen atoms in total. The number of fused-ring (bicyclic) bond motifs is 1. The molecule has 2 N–H and O–H groups in total. The lowest BCUT2D eigenvalue weighted by Gasteiger charge is -2.37. The van der Waals surface area contributed by atoms with Gasteiger partial charge >= 0.3 is 5.97 Å². The Labute approximate surface area is 306 Å². The Morgan fingerprint density at radius 1 is 1.16 bits per heavy atom. The van der Waals surface area contributed by atoms with Crippen LogP contribution >= 0.6 is 27.5 Å². The molecule has 50 heavy (non-hydrogen) atoms. The van der Waals surface area contributed by atoms with Gasteiger partial charge in [0.05, 0.1) is 34.7 Å². The van der Waals surface area contributed by atoms with Gasteiger partial charge < -0.3 is 29.7 Å². The van der Waals surface area contributed by atoms with Gasteiger partial charge in [-0.3, -0.25) is 19.2 Å². The maximum Gasteiger partial charge on any atom is 0.306 e. The third kappa shape index (κ3) is 7.42. The predicted octanol–water partition coefficient (Wildman–Crippen LogP) is 5.44. The van der Waals surface area contributed by atoms with Crippen molar-refractivity contribution in [1.82, 2.24) is 10.2 Å². The number of ether oxygens (including phenoxy) is 2. The van der Waals surface area contributed by atoms with Crippen molar-refractivity contribution in [2.45, 2.75) is 74.1 Å². The van der Waals surface area contributed by atoms with Crippen LogP contribution in [0, 0.1) is 18.8 Å². The van der Waals surface area contributed by atoms with E-state index in [1.807, 2.05) is 49.4 Å². The molecular weight excluding hydrogens is 726 g/mol. The van der Waals surface area contributed by atoms with Crippen LogP contribution < -0.4 is 10.2 Å². The van der Waals surface area contributed by atoms with Gasteiger partial charge in [0.2, 0.25) is 11.8 Å². The number of halogens is 2. The highest BCUT2D eigenvalue weighted by Crippen LogP contribution is 2.60. The highest BCUT2D eigenvalue weighted by atomic mass is 79.9. The molecule has 2 bridgehead atoms. The van der Waals surface area contributed by atoms with Gasteiger partial charge in [0.15, 0.2) is 0 Å². The Balaban J connectivity index is 1.50. The molecule has 0 aliphatic carbocycles. The number of benzene rings is 2. The minimum absolute atomic E-state index is 0.0201. The summed E-state index contributed by atoms with van der Waals surface area (Å²) in [5.74, 6) is -3.38. The molecule has 3 amide bonds. The molecule has 3 fully saturated rings. The van der Waals surface area contributed by atoms with Crippen molar-refractivity contribution in [2.75, 3.05) is 31.2 Å². The summed E-state index contributed by atoms with van der Waals surface area (Å²) in [5, 5.41) is 12.8. The molecule has 7 atom stereocenters. The largest absolute Gasteiger partial charge is 0.463 e. The maximum absolute atomic E-state index is 14.9. The summed E-state index contributed by atoms with van der Waals surface area (Å²) in [4.78, 5) is 59.1. The Morgan fingerprint density at radius 2 is 1.92 bits per heavy atom.